The van der Waals surface area contributed by atoms with Crippen LogP contribution in [0.25, 0.3) is 0 Å². The van der Waals surface area contributed by atoms with Gasteiger partial charge in [0.1, 0.15) is 6.10 Å². The quantitative estimate of drug-likeness (QED) is 0.789. The van der Waals surface area contributed by atoms with Crippen LogP contribution in [0.3, 0.4) is 0 Å². The summed E-state index contributed by atoms with van der Waals surface area (Å²) in [5.41, 5.74) is 3.03. The maximum atomic E-state index is 12.1. The molecule has 3 rings (SSSR count). The zero-order chi connectivity index (χ0) is 16.2. The molecule has 7 heteroatoms. The van der Waals surface area contributed by atoms with Crippen molar-refractivity contribution in [1.82, 2.24) is 15.2 Å². The van der Waals surface area contributed by atoms with Gasteiger partial charge in [0.15, 0.2) is 0 Å². The Morgan fingerprint density at radius 2 is 2.48 bits per heavy atom. The number of aromatic nitrogens is 1. The van der Waals surface area contributed by atoms with E-state index in [1.54, 1.807) is 18.4 Å². The van der Waals surface area contributed by atoms with Gasteiger partial charge in [-0.05, 0) is 32.2 Å². The lowest BCUT2D eigenvalue weighted by Crippen LogP contribution is -2.42. The number of methoxy groups -OCH3 is 1. The van der Waals surface area contributed by atoms with Crippen LogP contribution >= 0.6 is 11.3 Å². The highest BCUT2D eigenvalue weighted by molar-refractivity contribution is 7.09. The molecule has 6 nitrogen and oxygen atoms in total. The van der Waals surface area contributed by atoms with Crippen molar-refractivity contribution in [2.75, 3.05) is 33.4 Å². The van der Waals surface area contributed by atoms with Crippen LogP contribution in [0, 0.1) is 12.8 Å². The number of nitrogens with zero attached hydrogens (tertiary/aromatic N) is 2. The summed E-state index contributed by atoms with van der Waals surface area (Å²) in [5, 5.41) is 2.88. The van der Waals surface area contributed by atoms with Crippen molar-refractivity contribution < 1.29 is 14.3 Å². The van der Waals surface area contributed by atoms with E-state index in [-0.39, 0.29) is 18.1 Å². The van der Waals surface area contributed by atoms with Crippen LogP contribution in [-0.2, 0) is 20.8 Å². The topological polar surface area (TPSA) is 63.7 Å². The van der Waals surface area contributed by atoms with E-state index in [4.69, 9.17) is 9.47 Å². The van der Waals surface area contributed by atoms with E-state index in [0.29, 0.717) is 19.1 Å². The summed E-state index contributed by atoms with van der Waals surface area (Å²) in [4.78, 5) is 20.2. The number of thiazole rings is 1. The van der Waals surface area contributed by atoms with Gasteiger partial charge < -0.3 is 14.8 Å². The summed E-state index contributed by atoms with van der Waals surface area (Å²) < 4.78 is 11.0. The van der Waals surface area contributed by atoms with E-state index in [9.17, 15) is 4.79 Å². The largest absolute Gasteiger partial charge is 0.383 e. The number of hydrogen-bond acceptors (Lipinski definition) is 6. The van der Waals surface area contributed by atoms with Gasteiger partial charge in [0.05, 0.1) is 23.9 Å². The molecule has 1 N–H and O–H groups in total. The third kappa shape index (κ3) is 4.09. The Labute approximate surface area is 141 Å². The molecule has 128 valence electrons. The van der Waals surface area contributed by atoms with Gasteiger partial charge in [-0.15, -0.1) is 11.3 Å². The number of piperidine rings is 1. The molecule has 2 aliphatic rings. The molecular weight excluding hydrogens is 314 g/mol. The molecule has 0 aliphatic carbocycles. The minimum Gasteiger partial charge on any atom is -0.383 e. The number of likely N-dealkylation sites (tertiary alicyclic amines) is 1. The molecule has 1 amide bonds. The maximum absolute atomic E-state index is 12.1. The Morgan fingerprint density at radius 3 is 3.22 bits per heavy atom. The molecule has 0 radical (unpaired) electrons. The average Bonchev–Trinajstić information content (AvgIpc) is 3.14. The summed E-state index contributed by atoms with van der Waals surface area (Å²) in [7, 11) is 1.63. The summed E-state index contributed by atoms with van der Waals surface area (Å²) >= 11 is 1.72. The number of carbonyl (C=O) groups is 1. The number of aryl methyl sites for hydroxylation is 1. The number of nitrogens with one attached hydrogen (secondary N) is 1. The molecule has 3 atom stereocenters. The molecule has 0 spiro atoms. The van der Waals surface area contributed by atoms with Gasteiger partial charge in [-0.2, -0.15) is 0 Å². The van der Waals surface area contributed by atoms with Crippen molar-refractivity contribution in [2.24, 2.45) is 5.92 Å². The highest BCUT2D eigenvalue weighted by Gasteiger charge is 2.41. The summed E-state index contributed by atoms with van der Waals surface area (Å²) in [6.07, 6.45) is 1.82. The fourth-order valence-electron chi connectivity index (χ4n) is 3.38. The second-order valence-electron chi connectivity index (χ2n) is 6.33. The molecule has 1 aromatic heterocycles. The second-order valence-corrected chi connectivity index (χ2v) is 7.27. The smallest absolute Gasteiger partial charge is 0.249 e. The van der Waals surface area contributed by atoms with E-state index in [1.165, 1.54) is 4.88 Å². The van der Waals surface area contributed by atoms with Crippen LogP contribution in [0.1, 0.15) is 23.4 Å². The third-order valence-corrected chi connectivity index (χ3v) is 5.67. The fraction of sp³-hybridized carbons (Fsp3) is 0.750. The number of ether oxygens (including phenoxy) is 2. The van der Waals surface area contributed by atoms with Crippen molar-refractivity contribution in [2.45, 2.75) is 38.5 Å². The SMILES string of the molecule is COCCNC(=O)[C@H]1C[C@@H]2CCN(Cc3scnc3C)C[C@@H]2O1. The second kappa shape index (κ2) is 7.70. The van der Waals surface area contributed by atoms with Crippen molar-refractivity contribution >= 4 is 17.2 Å². The summed E-state index contributed by atoms with van der Waals surface area (Å²) in [6.45, 7) is 6.05. The van der Waals surface area contributed by atoms with Crippen molar-refractivity contribution in [3.8, 4) is 0 Å². The molecule has 23 heavy (non-hydrogen) atoms. The number of amides is 1. The first-order valence-electron chi connectivity index (χ1n) is 8.20. The number of fused-ring (bicyclic) bond motifs is 1. The van der Waals surface area contributed by atoms with Gasteiger partial charge in [-0.25, -0.2) is 4.98 Å². The van der Waals surface area contributed by atoms with Gasteiger partial charge in [0.2, 0.25) is 5.91 Å². The molecule has 2 saturated heterocycles. The Bertz CT molecular complexity index is 536. The van der Waals surface area contributed by atoms with Crippen molar-refractivity contribution in [1.29, 1.82) is 0 Å². The fourth-order valence-corrected chi connectivity index (χ4v) is 4.20. The normalized spacial score (nSPS) is 27.8. The number of carbonyl (C=O) groups excluding carboxylic acids is 1. The van der Waals surface area contributed by atoms with Crippen LogP contribution in [0.15, 0.2) is 5.51 Å². The molecule has 0 saturated carbocycles. The number of hydrogen-bond donors (Lipinski definition) is 1. The zero-order valence-corrected chi connectivity index (χ0v) is 14.6. The van der Waals surface area contributed by atoms with Gasteiger partial charge in [0.25, 0.3) is 0 Å². The lowest BCUT2D eigenvalue weighted by Gasteiger charge is -2.33. The van der Waals surface area contributed by atoms with Gasteiger partial charge in [0, 0.05) is 31.6 Å². The molecule has 3 heterocycles. The van der Waals surface area contributed by atoms with Crippen LogP contribution < -0.4 is 5.32 Å². The minimum atomic E-state index is -0.299. The maximum Gasteiger partial charge on any atom is 0.249 e. The van der Waals surface area contributed by atoms with E-state index in [1.807, 2.05) is 5.51 Å². The zero-order valence-electron chi connectivity index (χ0n) is 13.8. The molecular formula is C16H25N3O3S. The number of rotatable bonds is 6. The molecule has 2 fully saturated rings. The van der Waals surface area contributed by atoms with Crippen molar-refractivity contribution in [3.05, 3.63) is 16.1 Å². The summed E-state index contributed by atoms with van der Waals surface area (Å²) in [6, 6.07) is 0. The Morgan fingerprint density at radius 1 is 1.61 bits per heavy atom. The Kier molecular flexibility index (Phi) is 5.63. The predicted molar refractivity (Wildman–Crippen MR) is 88.4 cm³/mol. The molecule has 0 unspecified atom stereocenters. The Hall–Kier alpha value is -1.02. The van der Waals surface area contributed by atoms with E-state index < -0.39 is 0 Å². The molecule has 0 bridgehead atoms. The van der Waals surface area contributed by atoms with E-state index in [2.05, 4.69) is 22.1 Å². The molecule has 0 aromatic carbocycles. The van der Waals surface area contributed by atoms with Crippen LogP contribution in [0.5, 0.6) is 0 Å². The first kappa shape index (κ1) is 16.8. The monoisotopic (exact) mass is 339 g/mol. The first-order valence-corrected chi connectivity index (χ1v) is 9.08. The highest BCUT2D eigenvalue weighted by atomic mass is 32.1. The lowest BCUT2D eigenvalue weighted by molar-refractivity contribution is -0.133. The summed E-state index contributed by atoms with van der Waals surface area (Å²) in [5.74, 6) is 0.508. The average molecular weight is 339 g/mol. The third-order valence-electron chi connectivity index (χ3n) is 4.75. The van der Waals surface area contributed by atoms with E-state index >= 15 is 0 Å². The predicted octanol–water partition coefficient (Wildman–Crippen LogP) is 1.19. The van der Waals surface area contributed by atoms with Gasteiger partial charge >= 0.3 is 0 Å². The van der Waals surface area contributed by atoms with Crippen LogP contribution in [-0.4, -0.2) is 61.3 Å². The highest BCUT2D eigenvalue weighted by Crippen LogP contribution is 2.34. The Balaban J connectivity index is 1.49. The standard InChI is InChI=1S/C16H25N3O3S/c1-11-15(23-10-18-11)9-19-5-3-12-7-13(22-14(12)8-19)16(20)17-4-6-21-2/h10,12-14H,3-9H2,1-2H3,(H,17,20)/t12-,13+,14-/m0/s1. The van der Waals surface area contributed by atoms with Gasteiger partial charge in [-0.1, -0.05) is 0 Å². The van der Waals surface area contributed by atoms with Crippen molar-refractivity contribution in [3.63, 3.8) is 0 Å². The van der Waals surface area contributed by atoms with E-state index in [0.717, 1.165) is 38.2 Å². The van der Waals surface area contributed by atoms with Crippen LogP contribution in [0.2, 0.25) is 0 Å². The minimum absolute atomic E-state index is 0.00120. The van der Waals surface area contributed by atoms with Crippen LogP contribution in [0.4, 0.5) is 0 Å². The molecule has 2 aliphatic heterocycles. The van der Waals surface area contributed by atoms with Gasteiger partial charge in [-0.3, -0.25) is 9.69 Å². The lowest BCUT2D eigenvalue weighted by atomic mass is 9.91. The first-order chi connectivity index (χ1) is 11.2. The molecule has 1 aromatic rings.